The molecule has 1 aliphatic heterocycles. The summed E-state index contributed by atoms with van der Waals surface area (Å²) in [7, 11) is 0. The number of hydrogen-bond acceptors (Lipinski definition) is 2. The first-order chi connectivity index (χ1) is 10.7. The third-order valence-corrected chi connectivity index (χ3v) is 1.55. The summed E-state index contributed by atoms with van der Waals surface area (Å²) in [6.07, 6.45) is -7.90. The van der Waals surface area contributed by atoms with Gasteiger partial charge in [0, 0.05) is 35.3 Å². The Bertz CT molecular complexity index is 714. The number of hydrogen-bond donors (Lipinski definition) is 0. The van der Waals surface area contributed by atoms with Crippen LogP contribution in [0.5, 0.6) is 0 Å². The molecule has 68 valence electrons. The van der Waals surface area contributed by atoms with Crippen molar-refractivity contribution in [2.75, 3.05) is 6.98 Å². The van der Waals surface area contributed by atoms with E-state index in [1.807, 2.05) is 0 Å². The Morgan fingerprint density at radius 3 is 3.69 bits per heavy atom. The number of pyridine rings is 1. The molecular weight excluding hydrogens is 164 g/mol. The van der Waals surface area contributed by atoms with Crippen molar-refractivity contribution in [2.24, 2.45) is 0 Å². The highest BCUT2D eigenvalue weighted by Gasteiger charge is 2.28. The lowest BCUT2D eigenvalue weighted by molar-refractivity contribution is -0.127. The van der Waals surface area contributed by atoms with Crippen molar-refractivity contribution >= 4 is 5.91 Å². The molecule has 0 N–H and O–H groups in total. The highest BCUT2D eigenvalue weighted by molar-refractivity contribution is 5.78. The van der Waals surface area contributed by atoms with Gasteiger partial charge in [0.2, 0.25) is 5.91 Å². The Labute approximate surface area is 92.8 Å². The number of likely N-dealkylation sites (tertiary alicyclic amines) is 1. The maximum atomic E-state index is 12.2. The van der Waals surface area contributed by atoms with Gasteiger partial charge in [-0.05, 0) is 18.0 Å². The minimum absolute atomic E-state index is 0.0247. The molecule has 1 fully saturated rings. The molecule has 2 rings (SSSR count). The molecule has 3 heteroatoms. The van der Waals surface area contributed by atoms with Crippen LogP contribution in [0.3, 0.4) is 0 Å². The van der Waals surface area contributed by atoms with Crippen LogP contribution in [0, 0.1) is 0 Å². The van der Waals surface area contributed by atoms with Gasteiger partial charge < -0.3 is 4.90 Å². The van der Waals surface area contributed by atoms with Gasteiger partial charge in [-0.1, -0.05) is 6.04 Å². The number of carbonyl (C=O) groups excluding carboxylic acids is 1. The molecule has 1 aromatic rings. The Morgan fingerprint density at radius 1 is 1.92 bits per heavy atom. The van der Waals surface area contributed by atoms with Crippen molar-refractivity contribution in [1.82, 2.24) is 9.88 Å². The molecule has 1 amide bonds. The van der Waals surface area contributed by atoms with Gasteiger partial charge in [-0.15, -0.1) is 0 Å². The third kappa shape index (κ3) is 1.41. The first-order valence-corrected chi connectivity index (χ1v) is 3.43. The fraction of sp³-hybridized carbons (Fsp3) is 0.400. The molecule has 0 aliphatic carbocycles. The van der Waals surface area contributed by atoms with Gasteiger partial charge in [-0.25, -0.2) is 0 Å². The summed E-state index contributed by atoms with van der Waals surface area (Å²) >= 11 is 0. The predicted molar refractivity (Wildman–Crippen MR) is 49.0 cm³/mol. The van der Waals surface area contributed by atoms with Crippen molar-refractivity contribution in [1.29, 1.82) is 0 Å². The zero-order valence-corrected chi connectivity index (χ0v) is 6.38. The van der Waals surface area contributed by atoms with Gasteiger partial charge in [0.1, 0.15) is 0 Å². The summed E-state index contributed by atoms with van der Waals surface area (Å²) in [6.45, 7) is -3.24. The van der Waals surface area contributed by atoms with E-state index in [4.69, 9.17) is 15.1 Å². The molecule has 1 aromatic heterocycles. The van der Waals surface area contributed by atoms with E-state index in [9.17, 15) is 4.79 Å². The van der Waals surface area contributed by atoms with Gasteiger partial charge in [0.05, 0.1) is 11.5 Å². The zero-order valence-electron chi connectivity index (χ0n) is 17.4. The molecule has 0 aromatic carbocycles. The summed E-state index contributed by atoms with van der Waals surface area (Å²) in [4.78, 5) is 15.5. The number of amides is 1. The average molecular weight is 187 g/mol. The highest BCUT2D eigenvalue weighted by Crippen LogP contribution is 2.30. The smallest absolute Gasteiger partial charge is 0.222 e. The van der Waals surface area contributed by atoms with Gasteiger partial charge in [-0.3, -0.25) is 9.78 Å². The molecule has 3 nitrogen and oxygen atoms in total. The second-order valence-corrected chi connectivity index (χ2v) is 2.35. The summed E-state index contributed by atoms with van der Waals surface area (Å²) < 4.78 is 83.8. The fourth-order valence-electron chi connectivity index (χ4n) is 0.942. The number of nitrogens with zero attached hydrogens (tertiary/aromatic N) is 2. The predicted octanol–water partition coefficient (Wildman–Crippen LogP) is 1.37. The Balaban J connectivity index is 2.84. The van der Waals surface area contributed by atoms with Gasteiger partial charge >= 0.3 is 0 Å². The first-order valence-electron chi connectivity index (χ1n) is 8.93. The quantitative estimate of drug-likeness (QED) is 0.665. The third-order valence-electron chi connectivity index (χ3n) is 1.55. The Morgan fingerprint density at radius 2 is 2.85 bits per heavy atom. The molecule has 0 spiro atoms. The second kappa shape index (κ2) is 3.17. The Hall–Kier alpha value is -1.38. The molecule has 13 heavy (non-hydrogen) atoms. The van der Waals surface area contributed by atoms with Crippen LogP contribution in [0.1, 0.15) is 39.4 Å². The van der Waals surface area contributed by atoms with E-state index >= 15 is 0 Å². The topological polar surface area (TPSA) is 33.2 Å². The number of aromatic nitrogens is 1. The summed E-state index contributed by atoms with van der Waals surface area (Å²) in [5.74, 6) is -1.64. The molecular formula is C10H12N2O. The standard InChI is InChI=1S/C10H12N2O/c1-12-9(4-5-10(12)13)8-3-2-6-11-7-8/h2-3,6-7,9H,4-5H2,1H3/t9-/m0/s1/i1D3,2D,3D,4D2,5D2,6D,7D. The first kappa shape index (κ1) is 2.35. The fourth-order valence-corrected chi connectivity index (χ4v) is 0.942. The maximum Gasteiger partial charge on any atom is 0.222 e. The van der Waals surface area contributed by atoms with Crippen LogP contribution in [0.15, 0.2) is 24.4 Å². The molecule has 2 heterocycles. The van der Waals surface area contributed by atoms with Gasteiger partial charge in [0.15, 0.2) is 0 Å². The SMILES string of the molecule is [2H]c1nc([2H])c([C@H]2N(C([2H])([2H])[2H])C(=O)C([2H])([2H])C2([2H])[2H])c([2H])c1[2H]. The van der Waals surface area contributed by atoms with Crippen molar-refractivity contribution in [2.45, 2.75) is 18.8 Å². The minimum atomic E-state index is -3.24. The van der Waals surface area contributed by atoms with E-state index in [0.717, 1.165) is 0 Å². The molecule has 1 aliphatic rings. The van der Waals surface area contributed by atoms with E-state index < -0.39 is 61.7 Å². The minimum Gasteiger partial charge on any atom is -0.339 e. The molecule has 0 unspecified atom stereocenters. The van der Waals surface area contributed by atoms with Crippen LogP contribution in [-0.2, 0) is 4.79 Å². The normalized spacial score (nSPS) is 43.4. The molecule has 1 saturated heterocycles. The van der Waals surface area contributed by atoms with E-state index in [-0.39, 0.29) is 4.90 Å². The summed E-state index contributed by atoms with van der Waals surface area (Å²) in [5.41, 5.74) is -0.716. The van der Waals surface area contributed by atoms with Crippen molar-refractivity contribution in [3.63, 3.8) is 0 Å². The second-order valence-electron chi connectivity index (χ2n) is 2.35. The zero-order chi connectivity index (χ0) is 18.8. The maximum absolute atomic E-state index is 12.2. The monoisotopic (exact) mass is 187 g/mol. The lowest BCUT2D eigenvalue weighted by Gasteiger charge is -2.19. The summed E-state index contributed by atoms with van der Waals surface area (Å²) in [6, 6.07) is -3.76. The average Bonchev–Trinajstić information content (AvgIpc) is 2.54. The van der Waals surface area contributed by atoms with Crippen molar-refractivity contribution in [3.8, 4) is 0 Å². The van der Waals surface area contributed by atoms with E-state index in [0.29, 0.717) is 0 Å². The van der Waals surface area contributed by atoms with E-state index in [1.165, 1.54) is 0 Å². The highest BCUT2D eigenvalue weighted by atomic mass is 16.2. The van der Waals surface area contributed by atoms with Crippen LogP contribution in [0.25, 0.3) is 0 Å². The summed E-state index contributed by atoms with van der Waals surface area (Å²) in [5, 5.41) is 0. The molecule has 0 radical (unpaired) electrons. The van der Waals surface area contributed by atoms with Crippen LogP contribution in [0.4, 0.5) is 0 Å². The molecule has 0 bridgehead atoms. The van der Waals surface area contributed by atoms with Crippen LogP contribution in [-0.4, -0.2) is 22.8 Å². The number of carbonyl (C=O) groups is 1. The lowest BCUT2D eigenvalue weighted by atomic mass is 10.1. The molecule has 1 atom stereocenters. The largest absolute Gasteiger partial charge is 0.339 e. The molecule has 0 saturated carbocycles. The lowest BCUT2D eigenvalue weighted by Crippen LogP contribution is -2.22. The van der Waals surface area contributed by atoms with Crippen molar-refractivity contribution < 1.29 is 19.9 Å². The van der Waals surface area contributed by atoms with Gasteiger partial charge in [-0.2, -0.15) is 0 Å². The Kier molecular flexibility index (Phi) is 0.572. The number of rotatable bonds is 1. The van der Waals surface area contributed by atoms with Crippen LogP contribution in [0.2, 0.25) is 0 Å². The van der Waals surface area contributed by atoms with Crippen LogP contribution >= 0.6 is 0 Å². The van der Waals surface area contributed by atoms with Crippen molar-refractivity contribution in [3.05, 3.63) is 30.0 Å². The van der Waals surface area contributed by atoms with Gasteiger partial charge in [0.25, 0.3) is 0 Å². The van der Waals surface area contributed by atoms with Crippen LogP contribution < -0.4 is 0 Å². The van der Waals surface area contributed by atoms with E-state index in [2.05, 4.69) is 4.98 Å². The van der Waals surface area contributed by atoms with E-state index in [1.54, 1.807) is 0 Å².